The van der Waals surface area contributed by atoms with E-state index in [2.05, 4.69) is 5.32 Å². The summed E-state index contributed by atoms with van der Waals surface area (Å²) >= 11 is 0. The first kappa shape index (κ1) is 23.5. The lowest BCUT2D eigenvalue weighted by molar-refractivity contribution is -0.120. The third-order valence-corrected chi connectivity index (χ3v) is 8.22. The average molecular weight is 477 g/mol. The van der Waals surface area contributed by atoms with E-state index in [-0.39, 0.29) is 35.9 Å². The lowest BCUT2D eigenvalue weighted by Crippen LogP contribution is -2.41. The number of nitrogens with one attached hydrogen (secondary N) is 1. The number of sulfonamides is 1. The molecule has 33 heavy (non-hydrogen) atoms. The number of benzene rings is 2. The molecule has 0 atom stereocenters. The van der Waals surface area contributed by atoms with Crippen LogP contribution in [0, 0.1) is 11.7 Å². The maximum absolute atomic E-state index is 13.1. The Morgan fingerprint density at radius 1 is 1.00 bits per heavy atom. The van der Waals surface area contributed by atoms with E-state index in [1.165, 1.54) is 16.4 Å². The zero-order valence-electron chi connectivity index (χ0n) is 18.6. The summed E-state index contributed by atoms with van der Waals surface area (Å²) in [6.07, 6.45) is 5.31. The number of methoxy groups -OCH3 is 1. The Morgan fingerprint density at radius 3 is 2.30 bits per heavy atom. The molecular weight excluding hydrogens is 447 g/mol. The fourth-order valence-electron chi connectivity index (χ4n) is 4.39. The van der Waals surface area contributed by atoms with Crippen molar-refractivity contribution in [1.29, 1.82) is 0 Å². The number of rotatable bonds is 7. The number of amides is 1. The molecule has 1 heterocycles. The first-order chi connectivity index (χ1) is 15.9. The molecule has 2 aliphatic rings. The van der Waals surface area contributed by atoms with E-state index < -0.39 is 15.8 Å². The molecule has 2 aromatic carbocycles. The van der Waals surface area contributed by atoms with Gasteiger partial charge in [-0.15, -0.1) is 0 Å². The number of carbonyl (C=O) groups excluding carboxylic acids is 1. The zero-order valence-corrected chi connectivity index (χ0v) is 19.4. The van der Waals surface area contributed by atoms with Crippen molar-refractivity contribution in [2.75, 3.05) is 25.5 Å². The topological polar surface area (TPSA) is 84.9 Å². The van der Waals surface area contributed by atoms with Crippen LogP contribution in [0.5, 0.6) is 11.5 Å². The van der Waals surface area contributed by atoms with Crippen molar-refractivity contribution in [3.8, 4) is 11.5 Å². The second-order valence-corrected chi connectivity index (χ2v) is 10.4. The lowest BCUT2D eigenvalue weighted by Gasteiger charge is -2.30. The SMILES string of the molecule is COc1ccc(NC(=O)C2CCN(S(=O)(=O)c3ccc(F)cc3)CC2)cc1OC1CCCC1. The highest BCUT2D eigenvalue weighted by atomic mass is 32.2. The third kappa shape index (κ3) is 5.47. The molecule has 1 saturated carbocycles. The van der Waals surface area contributed by atoms with Gasteiger partial charge in [0.05, 0.1) is 18.1 Å². The summed E-state index contributed by atoms with van der Waals surface area (Å²) in [5.41, 5.74) is 0.621. The molecule has 1 aliphatic heterocycles. The largest absolute Gasteiger partial charge is 0.493 e. The number of carbonyl (C=O) groups is 1. The van der Waals surface area contributed by atoms with Gasteiger partial charge in [0.15, 0.2) is 11.5 Å². The molecule has 0 radical (unpaired) electrons. The minimum absolute atomic E-state index is 0.0554. The molecule has 4 rings (SSSR count). The molecule has 0 unspecified atom stereocenters. The Hall–Kier alpha value is -2.65. The average Bonchev–Trinajstić information content (AvgIpc) is 3.33. The Morgan fingerprint density at radius 2 is 1.67 bits per heavy atom. The van der Waals surface area contributed by atoms with E-state index in [0.29, 0.717) is 30.0 Å². The molecule has 178 valence electrons. The maximum atomic E-state index is 13.1. The van der Waals surface area contributed by atoms with E-state index >= 15 is 0 Å². The molecule has 1 N–H and O–H groups in total. The van der Waals surface area contributed by atoms with Crippen LogP contribution in [0.25, 0.3) is 0 Å². The molecule has 1 aliphatic carbocycles. The van der Waals surface area contributed by atoms with Crippen LogP contribution in [-0.4, -0.2) is 44.9 Å². The molecule has 0 aromatic heterocycles. The number of halogens is 1. The molecule has 2 aromatic rings. The quantitative estimate of drug-likeness (QED) is 0.648. The van der Waals surface area contributed by atoms with Crippen LogP contribution in [0.15, 0.2) is 47.4 Å². The molecule has 1 amide bonds. The van der Waals surface area contributed by atoms with Crippen LogP contribution in [0.4, 0.5) is 10.1 Å². The van der Waals surface area contributed by atoms with E-state index in [1.807, 2.05) is 0 Å². The first-order valence-electron chi connectivity index (χ1n) is 11.3. The molecule has 0 bridgehead atoms. The standard InChI is InChI=1S/C24H29FN2O5S/c1-31-22-11-8-19(16-23(22)32-20-4-2-3-5-20)26-24(28)17-12-14-27(15-13-17)33(29,30)21-9-6-18(25)7-10-21/h6-11,16-17,20H,2-5,12-15H2,1H3,(H,26,28). The maximum Gasteiger partial charge on any atom is 0.243 e. The predicted octanol–water partition coefficient (Wildman–Crippen LogP) is 4.20. The molecule has 1 saturated heterocycles. The third-order valence-electron chi connectivity index (χ3n) is 6.30. The van der Waals surface area contributed by atoms with Gasteiger partial charge in [0.2, 0.25) is 15.9 Å². The molecule has 0 spiro atoms. The second kappa shape index (κ2) is 10.1. The summed E-state index contributed by atoms with van der Waals surface area (Å²) in [4.78, 5) is 12.9. The Labute approximate surface area is 193 Å². The minimum Gasteiger partial charge on any atom is -0.493 e. The highest BCUT2D eigenvalue weighted by Gasteiger charge is 2.32. The minimum atomic E-state index is -3.71. The van der Waals surface area contributed by atoms with Gasteiger partial charge in [0.25, 0.3) is 0 Å². The smallest absolute Gasteiger partial charge is 0.243 e. The van der Waals surface area contributed by atoms with Crippen LogP contribution >= 0.6 is 0 Å². The summed E-state index contributed by atoms with van der Waals surface area (Å²) in [6, 6.07) is 10.1. The van der Waals surface area contributed by atoms with E-state index in [9.17, 15) is 17.6 Å². The Balaban J connectivity index is 1.36. The van der Waals surface area contributed by atoms with Crippen LogP contribution in [-0.2, 0) is 14.8 Å². The molecule has 2 fully saturated rings. The highest BCUT2D eigenvalue weighted by Crippen LogP contribution is 2.34. The van der Waals surface area contributed by atoms with Gasteiger partial charge in [0, 0.05) is 30.8 Å². The van der Waals surface area contributed by atoms with Crippen LogP contribution in [0.3, 0.4) is 0 Å². The van der Waals surface area contributed by atoms with Gasteiger partial charge in [0.1, 0.15) is 5.82 Å². The second-order valence-electron chi connectivity index (χ2n) is 8.51. The van der Waals surface area contributed by atoms with Crippen molar-refractivity contribution in [2.24, 2.45) is 5.92 Å². The van der Waals surface area contributed by atoms with Crippen molar-refractivity contribution in [2.45, 2.75) is 49.5 Å². The lowest BCUT2D eigenvalue weighted by atomic mass is 9.97. The van der Waals surface area contributed by atoms with Crippen LogP contribution < -0.4 is 14.8 Å². The van der Waals surface area contributed by atoms with Crippen LogP contribution in [0.2, 0.25) is 0 Å². The summed E-state index contributed by atoms with van der Waals surface area (Å²) in [5.74, 6) is 0.304. The monoisotopic (exact) mass is 476 g/mol. The van der Waals surface area contributed by atoms with Gasteiger partial charge in [-0.2, -0.15) is 4.31 Å². The fraction of sp³-hybridized carbons (Fsp3) is 0.458. The fourth-order valence-corrected chi connectivity index (χ4v) is 5.86. The summed E-state index contributed by atoms with van der Waals surface area (Å²) in [7, 11) is -2.12. The summed E-state index contributed by atoms with van der Waals surface area (Å²) in [6.45, 7) is 0.465. The predicted molar refractivity (Wildman–Crippen MR) is 122 cm³/mol. The van der Waals surface area contributed by atoms with Gasteiger partial charge in [-0.1, -0.05) is 0 Å². The number of hydrogen-bond acceptors (Lipinski definition) is 5. The number of ether oxygens (including phenoxy) is 2. The van der Waals surface area contributed by atoms with Gasteiger partial charge in [-0.05, 0) is 74.9 Å². The van der Waals surface area contributed by atoms with Gasteiger partial charge >= 0.3 is 0 Å². The van der Waals surface area contributed by atoms with Crippen molar-refractivity contribution < 1.29 is 27.1 Å². The van der Waals surface area contributed by atoms with Crippen molar-refractivity contribution in [3.05, 3.63) is 48.3 Å². The molecule has 9 heteroatoms. The normalized spacial score (nSPS) is 18.2. The van der Waals surface area contributed by atoms with Gasteiger partial charge in [-0.3, -0.25) is 4.79 Å². The molecule has 7 nitrogen and oxygen atoms in total. The summed E-state index contributed by atoms with van der Waals surface area (Å²) < 4.78 is 51.5. The van der Waals surface area contributed by atoms with E-state index in [1.54, 1.807) is 25.3 Å². The summed E-state index contributed by atoms with van der Waals surface area (Å²) in [5, 5.41) is 2.94. The van der Waals surface area contributed by atoms with Crippen molar-refractivity contribution in [3.63, 3.8) is 0 Å². The number of anilines is 1. The van der Waals surface area contributed by atoms with Gasteiger partial charge in [-0.25, -0.2) is 12.8 Å². The first-order valence-corrected chi connectivity index (χ1v) is 12.7. The molecular formula is C24H29FN2O5S. The van der Waals surface area contributed by atoms with Gasteiger partial charge < -0.3 is 14.8 Å². The van der Waals surface area contributed by atoms with E-state index in [0.717, 1.165) is 37.8 Å². The van der Waals surface area contributed by atoms with Crippen molar-refractivity contribution >= 4 is 21.6 Å². The number of nitrogens with zero attached hydrogens (tertiary/aromatic N) is 1. The van der Waals surface area contributed by atoms with Crippen LogP contribution in [0.1, 0.15) is 38.5 Å². The Kier molecular flexibility index (Phi) is 7.19. The van der Waals surface area contributed by atoms with Crippen molar-refractivity contribution in [1.82, 2.24) is 4.31 Å². The number of piperidine rings is 1. The zero-order chi connectivity index (χ0) is 23.4. The highest BCUT2D eigenvalue weighted by molar-refractivity contribution is 7.89. The van der Waals surface area contributed by atoms with E-state index in [4.69, 9.17) is 9.47 Å². The Bertz CT molecular complexity index is 1080. The number of hydrogen-bond donors (Lipinski definition) is 1.